The zero-order valence-electron chi connectivity index (χ0n) is 22.2. The molecule has 1 atom stereocenters. The summed E-state index contributed by atoms with van der Waals surface area (Å²) in [6.07, 6.45) is 0.591. The fourth-order valence-electron chi connectivity index (χ4n) is 4.55. The smallest absolute Gasteiger partial charge is 0.231 e. The minimum Gasteiger partial charge on any atom is -0.231 e. The highest BCUT2D eigenvalue weighted by atomic mass is 32.2. The number of rotatable bonds is 7. The van der Waals surface area contributed by atoms with E-state index < -0.39 is 10.0 Å². The SMILES string of the molecule is Cc1nc(N2N=C(c3nnn(-c4ccc(S(N)(=O)=O)cc4)c3C)CC2c2ccccc2)sc1N=Nc1ccccc1. The summed E-state index contributed by atoms with van der Waals surface area (Å²) >= 11 is 1.43. The molecule has 1 aliphatic rings. The lowest BCUT2D eigenvalue weighted by Crippen LogP contribution is -2.18. The van der Waals surface area contributed by atoms with Crippen molar-refractivity contribution < 1.29 is 8.42 Å². The molecule has 0 saturated heterocycles. The van der Waals surface area contributed by atoms with Crippen LogP contribution < -0.4 is 10.1 Å². The number of nitrogens with two attached hydrogens (primary N) is 1. The summed E-state index contributed by atoms with van der Waals surface area (Å²) in [5.74, 6) is 0. The Hall–Kier alpha value is -4.59. The van der Waals surface area contributed by atoms with E-state index in [0.29, 0.717) is 27.9 Å². The van der Waals surface area contributed by atoms with E-state index in [1.807, 2.05) is 67.4 Å². The second-order valence-corrected chi connectivity index (χ2v) is 11.9. The van der Waals surface area contributed by atoms with Crippen LogP contribution in [0.25, 0.3) is 5.69 Å². The van der Waals surface area contributed by atoms with Gasteiger partial charge in [-0.25, -0.2) is 28.2 Å². The summed E-state index contributed by atoms with van der Waals surface area (Å²) in [5.41, 5.74) is 5.48. The first kappa shape index (κ1) is 26.6. The maximum absolute atomic E-state index is 11.7. The van der Waals surface area contributed by atoms with Crippen molar-refractivity contribution in [1.29, 1.82) is 0 Å². The Morgan fingerprint density at radius 2 is 1.61 bits per heavy atom. The number of nitrogens with zero attached hydrogens (tertiary/aromatic N) is 8. The summed E-state index contributed by atoms with van der Waals surface area (Å²) in [4.78, 5) is 4.82. The number of sulfonamides is 1. The average Bonchev–Trinajstić information content (AvgIpc) is 3.69. The zero-order valence-corrected chi connectivity index (χ0v) is 23.8. The number of hydrazone groups is 1. The first-order valence-electron chi connectivity index (χ1n) is 12.7. The van der Waals surface area contributed by atoms with Gasteiger partial charge in [0.1, 0.15) is 5.69 Å². The Morgan fingerprint density at radius 3 is 2.29 bits per heavy atom. The third-order valence-corrected chi connectivity index (χ3v) is 8.60. The van der Waals surface area contributed by atoms with Crippen LogP contribution in [0.5, 0.6) is 0 Å². The lowest BCUT2D eigenvalue weighted by molar-refractivity contribution is 0.597. The molecule has 0 amide bonds. The highest BCUT2D eigenvalue weighted by Gasteiger charge is 2.34. The standard InChI is InChI=1S/C28H25N9O2S2/c1-18-27(33-31-21-11-7-4-8-12-21)40-28(30-18)37-25(20-9-5-3-6-10-20)17-24(34-37)26-19(2)36(35-32-26)22-13-15-23(16-14-22)41(29,38)39/h3-16,25H,17H2,1-2H3,(H2,29,38,39). The van der Waals surface area contributed by atoms with Crippen molar-refractivity contribution in [2.24, 2.45) is 20.5 Å². The van der Waals surface area contributed by atoms with Crippen LogP contribution in [-0.2, 0) is 10.0 Å². The Morgan fingerprint density at radius 1 is 0.927 bits per heavy atom. The molecule has 0 bridgehead atoms. The summed E-state index contributed by atoms with van der Waals surface area (Å²) < 4.78 is 25.0. The predicted molar refractivity (Wildman–Crippen MR) is 158 cm³/mol. The minimum absolute atomic E-state index is 0.0298. The van der Waals surface area contributed by atoms with Gasteiger partial charge in [0.05, 0.1) is 39.4 Å². The Labute approximate surface area is 240 Å². The highest BCUT2D eigenvalue weighted by molar-refractivity contribution is 7.89. The van der Waals surface area contributed by atoms with Gasteiger partial charge in [0.25, 0.3) is 0 Å². The quantitative estimate of drug-likeness (QED) is 0.241. The lowest BCUT2D eigenvalue weighted by Gasteiger charge is -2.21. The van der Waals surface area contributed by atoms with Gasteiger partial charge in [-0.05, 0) is 55.8 Å². The number of hydrogen-bond donors (Lipinski definition) is 1. The molecule has 13 heteroatoms. The van der Waals surface area contributed by atoms with Crippen molar-refractivity contribution in [3.63, 3.8) is 0 Å². The van der Waals surface area contributed by atoms with Gasteiger partial charge in [0.2, 0.25) is 15.2 Å². The molecule has 41 heavy (non-hydrogen) atoms. The van der Waals surface area contributed by atoms with E-state index >= 15 is 0 Å². The molecule has 2 aromatic heterocycles. The highest BCUT2D eigenvalue weighted by Crippen LogP contribution is 2.42. The molecule has 206 valence electrons. The molecule has 3 aromatic carbocycles. The Kier molecular flexibility index (Phi) is 6.99. The summed E-state index contributed by atoms with van der Waals surface area (Å²) in [7, 11) is -3.79. The second kappa shape index (κ2) is 10.8. The molecule has 1 aliphatic heterocycles. The van der Waals surface area contributed by atoms with E-state index in [0.717, 1.165) is 28.4 Å². The van der Waals surface area contributed by atoms with Crippen molar-refractivity contribution in [3.05, 3.63) is 108 Å². The van der Waals surface area contributed by atoms with Crippen molar-refractivity contribution in [1.82, 2.24) is 20.0 Å². The third-order valence-electron chi connectivity index (χ3n) is 6.64. The molecule has 0 radical (unpaired) electrons. The van der Waals surface area contributed by atoms with Crippen LogP contribution >= 0.6 is 11.3 Å². The van der Waals surface area contributed by atoms with E-state index in [-0.39, 0.29) is 10.9 Å². The lowest BCUT2D eigenvalue weighted by atomic mass is 10.0. The zero-order chi connectivity index (χ0) is 28.6. The van der Waals surface area contributed by atoms with Crippen molar-refractivity contribution in [2.45, 2.75) is 31.2 Å². The first-order chi connectivity index (χ1) is 19.8. The van der Waals surface area contributed by atoms with Gasteiger partial charge < -0.3 is 0 Å². The maximum atomic E-state index is 11.7. The van der Waals surface area contributed by atoms with Gasteiger partial charge in [-0.2, -0.15) is 5.10 Å². The topological polar surface area (TPSA) is 144 Å². The van der Waals surface area contributed by atoms with E-state index in [4.69, 9.17) is 15.2 Å². The molecule has 11 nitrogen and oxygen atoms in total. The molecule has 5 aromatic rings. The Balaban J connectivity index is 1.34. The predicted octanol–water partition coefficient (Wildman–Crippen LogP) is 5.76. The van der Waals surface area contributed by atoms with E-state index in [1.54, 1.807) is 16.8 Å². The van der Waals surface area contributed by atoms with Crippen LogP contribution in [0.3, 0.4) is 0 Å². The number of thiazole rings is 1. The van der Waals surface area contributed by atoms with Gasteiger partial charge in [0.15, 0.2) is 5.00 Å². The molecule has 0 spiro atoms. The van der Waals surface area contributed by atoms with Gasteiger partial charge in [-0.15, -0.1) is 15.3 Å². The van der Waals surface area contributed by atoms with Gasteiger partial charge >= 0.3 is 0 Å². The van der Waals surface area contributed by atoms with Gasteiger partial charge in [0, 0.05) is 6.42 Å². The molecule has 6 rings (SSSR count). The fraction of sp³-hybridized carbons (Fsp3) is 0.143. The number of hydrogen-bond acceptors (Lipinski definition) is 10. The average molecular weight is 584 g/mol. The number of anilines is 1. The number of benzene rings is 3. The molecular formula is C28H25N9O2S2. The fourth-order valence-corrected chi connectivity index (χ4v) is 5.95. The molecule has 1 unspecified atom stereocenters. The molecule has 0 fully saturated rings. The first-order valence-corrected chi connectivity index (χ1v) is 15.1. The Bertz CT molecular complexity index is 1860. The number of primary sulfonamides is 1. The van der Waals surface area contributed by atoms with Gasteiger partial charge in [-0.3, -0.25) is 0 Å². The van der Waals surface area contributed by atoms with Crippen LogP contribution in [0.4, 0.5) is 15.8 Å². The summed E-state index contributed by atoms with van der Waals surface area (Å²) in [6.45, 7) is 3.82. The van der Waals surface area contributed by atoms with E-state index in [1.165, 1.54) is 23.5 Å². The third kappa shape index (κ3) is 5.42. The van der Waals surface area contributed by atoms with Crippen LogP contribution in [0, 0.1) is 13.8 Å². The largest absolute Gasteiger partial charge is 0.238 e. The minimum atomic E-state index is -3.79. The monoisotopic (exact) mass is 583 g/mol. The molecular weight excluding hydrogens is 559 g/mol. The molecule has 2 N–H and O–H groups in total. The summed E-state index contributed by atoms with van der Waals surface area (Å²) in [5, 5.41) is 31.2. The van der Waals surface area contributed by atoms with Crippen molar-refractivity contribution in [3.8, 4) is 5.69 Å². The maximum Gasteiger partial charge on any atom is 0.238 e. The van der Waals surface area contributed by atoms with E-state index in [9.17, 15) is 8.42 Å². The van der Waals surface area contributed by atoms with Crippen LogP contribution in [-0.4, -0.2) is 34.1 Å². The van der Waals surface area contributed by atoms with Crippen LogP contribution in [0.15, 0.2) is 105 Å². The summed E-state index contributed by atoms with van der Waals surface area (Å²) in [6, 6.07) is 25.8. The molecule has 0 aliphatic carbocycles. The van der Waals surface area contributed by atoms with Crippen molar-refractivity contribution >= 4 is 42.9 Å². The van der Waals surface area contributed by atoms with E-state index in [2.05, 4.69) is 32.7 Å². The van der Waals surface area contributed by atoms with Crippen LogP contribution in [0.1, 0.15) is 35.1 Å². The van der Waals surface area contributed by atoms with Gasteiger partial charge in [-0.1, -0.05) is 65.1 Å². The number of aromatic nitrogens is 4. The second-order valence-electron chi connectivity index (χ2n) is 9.42. The normalized spacial score (nSPS) is 15.5. The number of azo groups is 1. The molecule has 3 heterocycles. The van der Waals surface area contributed by atoms with Crippen molar-refractivity contribution in [2.75, 3.05) is 5.01 Å². The number of aryl methyl sites for hydroxylation is 1. The molecule has 0 saturated carbocycles. The van der Waals surface area contributed by atoms with Crippen LogP contribution in [0.2, 0.25) is 0 Å².